The minimum Gasteiger partial charge on any atom is -0.693 e. The van der Waals surface area contributed by atoms with Gasteiger partial charge in [0.2, 0.25) is 0 Å². The molecule has 0 unspecified atom stereocenters. The van der Waals surface area contributed by atoms with Crippen LogP contribution in [0.2, 0.25) is 0 Å². The summed E-state index contributed by atoms with van der Waals surface area (Å²) in [5.74, 6) is 0. The predicted octanol–water partition coefficient (Wildman–Crippen LogP) is 1.85. The van der Waals surface area contributed by atoms with Gasteiger partial charge < -0.3 is 12.3 Å². The summed E-state index contributed by atoms with van der Waals surface area (Å²) in [6, 6.07) is 0. The van der Waals surface area contributed by atoms with E-state index in [-0.39, 0.29) is 44.2 Å². The molecule has 0 heterocycles. The van der Waals surface area contributed by atoms with Crippen molar-refractivity contribution in [3.8, 4) is 0 Å². The summed E-state index contributed by atoms with van der Waals surface area (Å²) in [4.78, 5) is 0. The zero-order chi connectivity index (χ0) is 0. The van der Waals surface area contributed by atoms with Gasteiger partial charge in [-0.05, 0) is 0 Å². The number of nitrogens with two attached hydrogens (primary N) is 2. The second-order valence-electron chi connectivity index (χ2n) is 0. The fraction of sp³-hybridized carbons (Fsp3) is 0. The number of rotatable bonds is 0. The van der Waals surface area contributed by atoms with Gasteiger partial charge in [0, 0.05) is 0 Å². The van der Waals surface area contributed by atoms with Crippen LogP contribution in [0.3, 0.4) is 0 Å². The van der Waals surface area contributed by atoms with Gasteiger partial charge in [0.25, 0.3) is 0 Å². The predicted molar refractivity (Wildman–Crippen MR) is 17.8 cm³/mol. The van der Waals surface area contributed by atoms with E-state index in [4.69, 9.17) is 0 Å². The quantitative estimate of drug-likeness (QED) is 0.453. The number of hydrogen-bond donors (Lipinski definition) is 0. The SMILES string of the molecule is Cl.[NH2-].[NH2-].[Zn+2]. The van der Waals surface area contributed by atoms with E-state index in [0.717, 1.165) is 0 Å². The molecule has 0 bridgehead atoms. The molecule has 0 aliphatic heterocycles. The van der Waals surface area contributed by atoms with Crippen molar-refractivity contribution in [1.82, 2.24) is 0 Å². The molecule has 0 aromatic rings. The standard InChI is InChI=1S/ClH.2H2N.Zn/h1H;2*1H2;/q;2*-1;+2. The maximum absolute atomic E-state index is 0. The molecule has 0 aromatic carbocycles. The summed E-state index contributed by atoms with van der Waals surface area (Å²) < 4.78 is 0. The molecular weight excluding hydrogens is 129 g/mol. The van der Waals surface area contributed by atoms with Crippen molar-refractivity contribution in [2.45, 2.75) is 0 Å². The van der Waals surface area contributed by atoms with Crippen LogP contribution in [0.1, 0.15) is 0 Å². The normalized spacial score (nSPS) is 0. The molecule has 24 valence electrons. The van der Waals surface area contributed by atoms with Crippen LogP contribution in [-0.4, -0.2) is 0 Å². The van der Waals surface area contributed by atoms with Crippen LogP contribution in [0.5, 0.6) is 0 Å². The molecule has 0 saturated heterocycles. The van der Waals surface area contributed by atoms with Crippen molar-refractivity contribution in [3.05, 3.63) is 12.3 Å². The number of halogens is 1. The van der Waals surface area contributed by atoms with Gasteiger partial charge in [-0.25, -0.2) is 0 Å². The van der Waals surface area contributed by atoms with Gasteiger partial charge in [0.1, 0.15) is 0 Å². The van der Waals surface area contributed by atoms with Gasteiger partial charge in [0.15, 0.2) is 0 Å². The average molecular weight is 134 g/mol. The van der Waals surface area contributed by atoms with Crippen molar-refractivity contribution in [2.75, 3.05) is 0 Å². The van der Waals surface area contributed by atoms with Gasteiger partial charge in [-0.1, -0.05) is 0 Å². The molecule has 0 fully saturated rings. The van der Waals surface area contributed by atoms with E-state index in [0.29, 0.717) is 0 Å². The minimum atomic E-state index is 0. The molecule has 4 N–H and O–H groups in total. The Morgan fingerprint density at radius 2 is 0.750 bits per heavy atom. The molecule has 0 aliphatic rings. The van der Waals surface area contributed by atoms with Crippen LogP contribution in [0.15, 0.2) is 0 Å². The van der Waals surface area contributed by atoms with Gasteiger partial charge in [-0.15, -0.1) is 12.4 Å². The summed E-state index contributed by atoms with van der Waals surface area (Å²) in [5, 5.41) is 0. The molecule has 0 aliphatic carbocycles. The third-order valence-corrected chi connectivity index (χ3v) is 0. The van der Waals surface area contributed by atoms with Gasteiger partial charge in [-0.2, -0.15) is 0 Å². The second kappa shape index (κ2) is 44.3. The first-order valence-corrected chi connectivity index (χ1v) is 0. The molecule has 0 aromatic heterocycles. The van der Waals surface area contributed by atoms with Crippen molar-refractivity contribution in [3.63, 3.8) is 0 Å². The molecule has 4 heteroatoms. The Bertz CT molecular complexity index is 6.00. The smallest absolute Gasteiger partial charge is 0.693 e. The molecule has 0 atom stereocenters. The monoisotopic (exact) mass is 132 g/mol. The minimum absolute atomic E-state index is 0. The summed E-state index contributed by atoms with van der Waals surface area (Å²) >= 11 is 0. The van der Waals surface area contributed by atoms with E-state index in [1.54, 1.807) is 0 Å². The zero-order valence-corrected chi connectivity index (χ0v) is 6.05. The molecule has 2 nitrogen and oxygen atoms in total. The molecule has 0 amide bonds. The maximum atomic E-state index is 0. The Kier molecular flexibility index (Phi) is 1130. The van der Waals surface area contributed by atoms with Crippen LogP contribution < -0.4 is 0 Å². The van der Waals surface area contributed by atoms with E-state index in [2.05, 4.69) is 0 Å². The van der Waals surface area contributed by atoms with Crippen LogP contribution in [0.25, 0.3) is 12.3 Å². The first kappa shape index (κ1) is 102. The Balaban J connectivity index is 0. The topological polar surface area (TPSA) is 67.0 Å². The molecule has 0 rings (SSSR count). The fourth-order valence-electron chi connectivity index (χ4n) is 0. The molecule has 0 saturated carbocycles. The van der Waals surface area contributed by atoms with Gasteiger partial charge in [-0.3, -0.25) is 0 Å². The molecule has 4 heavy (non-hydrogen) atoms. The largest absolute Gasteiger partial charge is 2.00 e. The first-order valence-electron chi connectivity index (χ1n) is 0. The third kappa shape index (κ3) is 13.7. The molecule has 0 radical (unpaired) electrons. The van der Waals surface area contributed by atoms with Crippen molar-refractivity contribution < 1.29 is 19.5 Å². The Morgan fingerprint density at radius 3 is 0.750 bits per heavy atom. The maximum Gasteiger partial charge on any atom is 2.00 e. The summed E-state index contributed by atoms with van der Waals surface area (Å²) in [5.41, 5.74) is 0. The van der Waals surface area contributed by atoms with E-state index >= 15 is 0 Å². The van der Waals surface area contributed by atoms with Gasteiger partial charge >= 0.3 is 19.5 Å². The van der Waals surface area contributed by atoms with E-state index < -0.39 is 0 Å². The van der Waals surface area contributed by atoms with Crippen molar-refractivity contribution in [1.29, 1.82) is 0 Å². The van der Waals surface area contributed by atoms with Crippen LogP contribution in [0, 0.1) is 0 Å². The third-order valence-electron chi connectivity index (χ3n) is 0. The van der Waals surface area contributed by atoms with Gasteiger partial charge in [0.05, 0.1) is 0 Å². The number of hydrogen-bond acceptors (Lipinski definition) is 0. The summed E-state index contributed by atoms with van der Waals surface area (Å²) in [6.07, 6.45) is 0. The van der Waals surface area contributed by atoms with Crippen LogP contribution in [0.4, 0.5) is 0 Å². The Morgan fingerprint density at radius 1 is 0.750 bits per heavy atom. The van der Waals surface area contributed by atoms with Crippen LogP contribution in [-0.2, 0) is 19.5 Å². The Hall–Kier alpha value is 0.833. The van der Waals surface area contributed by atoms with Crippen LogP contribution >= 0.6 is 12.4 Å². The fourth-order valence-corrected chi connectivity index (χ4v) is 0. The molecular formula is H5ClN2Zn. The summed E-state index contributed by atoms with van der Waals surface area (Å²) in [7, 11) is 0. The van der Waals surface area contributed by atoms with E-state index in [1.165, 1.54) is 0 Å². The zero-order valence-electron chi connectivity index (χ0n) is 2.27. The average Bonchev–Trinajstić information content (AvgIpc) is 0. The van der Waals surface area contributed by atoms with Crippen molar-refractivity contribution >= 4 is 12.4 Å². The van der Waals surface area contributed by atoms with Crippen molar-refractivity contribution in [2.24, 2.45) is 0 Å². The molecule has 0 spiro atoms. The second-order valence-corrected chi connectivity index (χ2v) is 0. The Labute approximate surface area is 44.7 Å². The van der Waals surface area contributed by atoms with E-state index in [1.807, 2.05) is 0 Å². The summed E-state index contributed by atoms with van der Waals surface area (Å²) in [6.45, 7) is 0. The van der Waals surface area contributed by atoms with E-state index in [9.17, 15) is 0 Å². The first-order chi connectivity index (χ1) is 0.